The fourth-order valence-electron chi connectivity index (χ4n) is 2.24. The van der Waals surface area contributed by atoms with Crippen molar-refractivity contribution < 1.29 is 0 Å². The maximum atomic E-state index is 4.42. The Hall–Kier alpha value is -2.23. The van der Waals surface area contributed by atoms with Gasteiger partial charge in [0.2, 0.25) is 0 Å². The van der Waals surface area contributed by atoms with Crippen molar-refractivity contribution in [2.45, 2.75) is 13.0 Å². The number of nitrogens with one attached hydrogen (secondary N) is 1. The smallest absolute Gasteiger partial charge is 0.151 e. The van der Waals surface area contributed by atoms with E-state index in [4.69, 9.17) is 0 Å². The molecule has 0 aliphatic rings. The molecule has 21 heavy (non-hydrogen) atoms. The monoisotopic (exact) mass is 284 g/mol. The quantitative estimate of drug-likeness (QED) is 0.912. The molecule has 1 N–H and O–H groups in total. The fraction of sp³-hybridized carbons (Fsp3) is 0.353. The molecule has 4 heteroatoms. The number of hydrogen-bond donors (Lipinski definition) is 1. The lowest BCUT2D eigenvalue weighted by atomic mass is 10.1. The zero-order chi connectivity index (χ0) is 15.4. The summed E-state index contributed by atoms with van der Waals surface area (Å²) in [5.74, 6) is 0.953. The van der Waals surface area contributed by atoms with E-state index < -0.39 is 0 Å². The minimum atomic E-state index is 0.226. The molecule has 112 valence electrons. The SMILES string of the molecule is CC(Nc1cccnc1N(C)C)c1ccc(N(C)C)cc1. The molecule has 4 nitrogen and oxygen atoms in total. The molecule has 1 aromatic carbocycles. The Bertz CT molecular complexity index is 576. The van der Waals surface area contributed by atoms with Crippen LogP contribution in [0.15, 0.2) is 42.6 Å². The number of anilines is 3. The van der Waals surface area contributed by atoms with E-state index in [9.17, 15) is 0 Å². The minimum Gasteiger partial charge on any atom is -0.378 e. The van der Waals surface area contributed by atoms with Crippen molar-refractivity contribution >= 4 is 17.2 Å². The highest BCUT2D eigenvalue weighted by molar-refractivity contribution is 5.65. The van der Waals surface area contributed by atoms with Gasteiger partial charge in [0.25, 0.3) is 0 Å². The van der Waals surface area contributed by atoms with Gasteiger partial charge in [-0.3, -0.25) is 0 Å². The predicted octanol–water partition coefficient (Wildman–Crippen LogP) is 3.39. The average Bonchev–Trinajstić information content (AvgIpc) is 2.47. The van der Waals surface area contributed by atoms with E-state index in [1.165, 1.54) is 11.3 Å². The Balaban J connectivity index is 2.16. The lowest BCUT2D eigenvalue weighted by Gasteiger charge is -2.21. The van der Waals surface area contributed by atoms with Crippen molar-refractivity contribution in [1.82, 2.24) is 4.98 Å². The van der Waals surface area contributed by atoms with Crippen LogP contribution in [0.4, 0.5) is 17.2 Å². The van der Waals surface area contributed by atoms with Crippen molar-refractivity contribution in [3.05, 3.63) is 48.2 Å². The summed E-state index contributed by atoms with van der Waals surface area (Å²) in [5.41, 5.74) is 3.52. The first-order valence-electron chi connectivity index (χ1n) is 7.15. The maximum Gasteiger partial charge on any atom is 0.151 e. The highest BCUT2D eigenvalue weighted by atomic mass is 15.2. The van der Waals surface area contributed by atoms with Gasteiger partial charge in [0, 0.05) is 46.1 Å². The molecule has 1 unspecified atom stereocenters. The van der Waals surface area contributed by atoms with Crippen LogP contribution in [0.2, 0.25) is 0 Å². The zero-order valence-electron chi connectivity index (χ0n) is 13.5. The summed E-state index contributed by atoms with van der Waals surface area (Å²) in [7, 11) is 8.11. The van der Waals surface area contributed by atoms with Crippen LogP contribution in [0.25, 0.3) is 0 Å². The first-order chi connectivity index (χ1) is 9.99. The molecule has 0 fully saturated rings. The van der Waals surface area contributed by atoms with Crippen LogP contribution in [0.3, 0.4) is 0 Å². The molecule has 1 heterocycles. The van der Waals surface area contributed by atoms with Crippen molar-refractivity contribution in [2.75, 3.05) is 43.3 Å². The predicted molar refractivity (Wildman–Crippen MR) is 91.4 cm³/mol. The van der Waals surface area contributed by atoms with Crippen LogP contribution in [0, 0.1) is 0 Å². The molecule has 2 aromatic rings. The van der Waals surface area contributed by atoms with Crippen molar-refractivity contribution in [1.29, 1.82) is 0 Å². The molecule has 0 aliphatic heterocycles. The Kier molecular flexibility index (Phi) is 4.68. The molecule has 0 saturated carbocycles. The van der Waals surface area contributed by atoms with E-state index in [-0.39, 0.29) is 6.04 Å². The third-order valence-corrected chi connectivity index (χ3v) is 3.49. The van der Waals surface area contributed by atoms with Crippen molar-refractivity contribution in [3.63, 3.8) is 0 Å². The van der Waals surface area contributed by atoms with Gasteiger partial charge in [0.05, 0.1) is 5.69 Å². The Morgan fingerprint density at radius 1 is 0.952 bits per heavy atom. The van der Waals surface area contributed by atoms with Crippen LogP contribution in [0.1, 0.15) is 18.5 Å². The van der Waals surface area contributed by atoms with E-state index in [0.717, 1.165) is 11.5 Å². The van der Waals surface area contributed by atoms with E-state index in [1.807, 2.05) is 31.3 Å². The molecular weight excluding hydrogens is 260 g/mol. The minimum absolute atomic E-state index is 0.226. The molecule has 1 atom stereocenters. The van der Waals surface area contributed by atoms with Gasteiger partial charge < -0.3 is 15.1 Å². The standard InChI is InChI=1S/C17H24N4/c1-13(14-8-10-15(11-9-14)20(2)3)19-16-7-6-12-18-17(16)21(4)5/h6-13,19H,1-5H3. The third-order valence-electron chi connectivity index (χ3n) is 3.49. The van der Waals surface area contributed by atoms with Crippen molar-refractivity contribution in [2.24, 2.45) is 0 Å². The van der Waals surface area contributed by atoms with Crippen LogP contribution in [-0.2, 0) is 0 Å². The highest BCUT2D eigenvalue weighted by Crippen LogP contribution is 2.26. The summed E-state index contributed by atoms with van der Waals surface area (Å²) in [6.45, 7) is 2.16. The second-order valence-electron chi connectivity index (χ2n) is 5.62. The van der Waals surface area contributed by atoms with Gasteiger partial charge in [-0.1, -0.05) is 12.1 Å². The molecule has 2 rings (SSSR count). The first kappa shape index (κ1) is 15.2. The first-order valence-corrected chi connectivity index (χ1v) is 7.15. The van der Waals surface area contributed by atoms with Gasteiger partial charge in [-0.15, -0.1) is 0 Å². The van der Waals surface area contributed by atoms with E-state index in [1.54, 1.807) is 0 Å². The second-order valence-corrected chi connectivity index (χ2v) is 5.62. The lowest BCUT2D eigenvalue weighted by Crippen LogP contribution is -2.15. The Morgan fingerprint density at radius 2 is 1.62 bits per heavy atom. The lowest BCUT2D eigenvalue weighted by molar-refractivity contribution is 0.879. The summed E-state index contributed by atoms with van der Waals surface area (Å²) >= 11 is 0. The number of pyridine rings is 1. The number of aromatic nitrogens is 1. The maximum absolute atomic E-state index is 4.42. The summed E-state index contributed by atoms with van der Waals surface area (Å²) < 4.78 is 0. The molecule has 1 aromatic heterocycles. The Labute approximate surface area is 127 Å². The number of hydrogen-bond acceptors (Lipinski definition) is 4. The van der Waals surface area contributed by atoms with Crippen LogP contribution < -0.4 is 15.1 Å². The molecule has 0 amide bonds. The summed E-state index contributed by atoms with van der Waals surface area (Å²) in [5, 5.41) is 3.54. The molecule has 0 aliphatic carbocycles. The van der Waals surface area contributed by atoms with Gasteiger partial charge in [-0.25, -0.2) is 4.98 Å². The largest absolute Gasteiger partial charge is 0.378 e. The van der Waals surface area contributed by atoms with E-state index in [0.29, 0.717) is 0 Å². The highest BCUT2D eigenvalue weighted by Gasteiger charge is 2.10. The van der Waals surface area contributed by atoms with Crippen molar-refractivity contribution in [3.8, 4) is 0 Å². The van der Waals surface area contributed by atoms with Gasteiger partial charge in [0.1, 0.15) is 0 Å². The molecule has 0 radical (unpaired) electrons. The molecule has 0 spiro atoms. The Morgan fingerprint density at radius 3 is 2.19 bits per heavy atom. The topological polar surface area (TPSA) is 31.4 Å². The van der Waals surface area contributed by atoms with E-state index in [2.05, 4.69) is 66.6 Å². The number of benzene rings is 1. The van der Waals surface area contributed by atoms with Crippen LogP contribution in [-0.4, -0.2) is 33.2 Å². The second kappa shape index (κ2) is 6.48. The number of nitrogens with zero attached hydrogens (tertiary/aromatic N) is 3. The summed E-state index contributed by atoms with van der Waals surface area (Å²) in [6, 6.07) is 12.9. The molecule has 0 saturated heterocycles. The molecular formula is C17H24N4. The molecule has 0 bridgehead atoms. The average molecular weight is 284 g/mol. The van der Waals surface area contributed by atoms with Gasteiger partial charge in [0.15, 0.2) is 5.82 Å². The summed E-state index contributed by atoms with van der Waals surface area (Å²) in [6.07, 6.45) is 1.82. The zero-order valence-corrected chi connectivity index (χ0v) is 13.5. The fourth-order valence-corrected chi connectivity index (χ4v) is 2.24. The van der Waals surface area contributed by atoms with E-state index >= 15 is 0 Å². The van der Waals surface area contributed by atoms with Gasteiger partial charge in [-0.05, 0) is 36.8 Å². The van der Waals surface area contributed by atoms with Crippen LogP contribution >= 0.6 is 0 Å². The normalized spacial score (nSPS) is 11.9. The third kappa shape index (κ3) is 3.66. The van der Waals surface area contributed by atoms with Gasteiger partial charge in [-0.2, -0.15) is 0 Å². The van der Waals surface area contributed by atoms with Gasteiger partial charge >= 0.3 is 0 Å². The number of rotatable bonds is 5. The van der Waals surface area contributed by atoms with Crippen LogP contribution in [0.5, 0.6) is 0 Å². The summed E-state index contributed by atoms with van der Waals surface area (Å²) in [4.78, 5) is 8.54.